The second kappa shape index (κ2) is 11.3. The van der Waals surface area contributed by atoms with Crippen LogP contribution >= 0.6 is 0 Å². The maximum atomic E-state index is 4.94. The molecule has 240 valence electrons. The molecule has 0 spiro atoms. The van der Waals surface area contributed by atoms with E-state index in [9.17, 15) is 0 Å². The van der Waals surface area contributed by atoms with Crippen LogP contribution in [0, 0.1) is 0 Å². The predicted molar refractivity (Wildman–Crippen MR) is 208 cm³/mol. The lowest BCUT2D eigenvalue weighted by Crippen LogP contribution is -2.43. The Morgan fingerprint density at radius 3 is 1.50 bits per heavy atom. The van der Waals surface area contributed by atoms with Gasteiger partial charge in [-0.2, -0.15) is 0 Å². The van der Waals surface area contributed by atoms with Gasteiger partial charge in [-0.3, -0.25) is 0 Å². The summed E-state index contributed by atoms with van der Waals surface area (Å²) in [5.74, 6) is 1.99. The Morgan fingerprint density at radius 1 is 0.380 bits per heavy atom. The Labute approximate surface area is 293 Å². The molecule has 0 atom stereocenters. The third-order valence-electron chi connectivity index (χ3n) is 11.3. The average molecular weight is 644 g/mol. The SMILES string of the molecule is CC1(C)c2cc(-c3ccc(-c4nc(-c5ccccc5)nc(-c5ccccc5)n4)cc3)ccc2-c2c(ccc3ccc4ccccc4c23)C1(C)C. The van der Waals surface area contributed by atoms with Gasteiger partial charge < -0.3 is 0 Å². The van der Waals surface area contributed by atoms with Crippen LogP contribution in [-0.2, 0) is 10.8 Å². The first-order valence-electron chi connectivity index (χ1n) is 17.4. The zero-order valence-electron chi connectivity index (χ0n) is 28.8. The molecular formula is C47H37N3. The highest BCUT2D eigenvalue weighted by Gasteiger charge is 2.46. The van der Waals surface area contributed by atoms with E-state index in [0.29, 0.717) is 17.5 Å². The third-order valence-corrected chi connectivity index (χ3v) is 11.3. The second-order valence-electron chi connectivity index (χ2n) is 14.5. The molecular weight excluding hydrogens is 607 g/mol. The molecule has 50 heavy (non-hydrogen) atoms. The Morgan fingerprint density at radius 2 is 0.860 bits per heavy atom. The molecule has 0 radical (unpaired) electrons. The molecule has 1 heterocycles. The molecule has 7 aromatic carbocycles. The van der Waals surface area contributed by atoms with E-state index in [0.717, 1.165) is 16.7 Å². The fraction of sp³-hybridized carbons (Fsp3) is 0.128. The third kappa shape index (κ3) is 4.69. The van der Waals surface area contributed by atoms with E-state index in [-0.39, 0.29) is 10.8 Å². The lowest BCUT2D eigenvalue weighted by molar-refractivity contribution is 0.299. The summed E-state index contributed by atoms with van der Waals surface area (Å²) in [6.45, 7) is 9.64. The first kappa shape index (κ1) is 30.2. The van der Waals surface area contributed by atoms with E-state index >= 15 is 0 Å². The first-order valence-corrected chi connectivity index (χ1v) is 17.4. The summed E-state index contributed by atoms with van der Waals surface area (Å²) < 4.78 is 0. The van der Waals surface area contributed by atoms with Gasteiger partial charge in [-0.15, -0.1) is 0 Å². The molecule has 0 saturated carbocycles. The molecule has 9 rings (SSSR count). The van der Waals surface area contributed by atoms with Gasteiger partial charge in [0.2, 0.25) is 0 Å². The van der Waals surface area contributed by atoms with Crippen LogP contribution in [0.5, 0.6) is 0 Å². The van der Waals surface area contributed by atoms with E-state index in [1.54, 1.807) is 0 Å². The molecule has 3 nitrogen and oxygen atoms in total. The predicted octanol–water partition coefficient (Wildman–Crippen LogP) is 12.1. The fourth-order valence-corrected chi connectivity index (χ4v) is 7.78. The van der Waals surface area contributed by atoms with Crippen LogP contribution in [0.15, 0.2) is 152 Å². The van der Waals surface area contributed by atoms with Gasteiger partial charge in [0.15, 0.2) is 17.5 Å². The normalized spacial score (nSPS) is 14.3. The zero-order chi connectivity index (χ0) is 34.0. The van der Waals surface area contributed by atoms with Gasteiger partial charge in [0.05, 0.1) is 0 Å². The lowest BCUT2D eigenvalue weighted by atomic mass is 9.55. The van der Waals surface area contributed by atoms with E-state index in [1.165, 1.54) is 54.9 Å². The first-order chi connectivity index (χ1) is 24.3. The minimum absolute atomic E-state index is 0.0887. The minimum Gasteiger partial charge on any atom is -0.208 e. The van der Waals surface area contributed by atoms with Crippen LogP contribution in [0.2, 0.25) is 0 Å². The Balaban J connectivity index is 1.16. The van der Waals surface area contributed by atoms with Crippen molar-refractivity contribution < 1.29 is 0 Å². The van der Waals surface area contributed by atoms with Crippen molar-refractivity contribution in [2.45, 2.75) is 38.5 Å². The Bertz CT molecular complexity index is 2510. The number of rotatable bonds is 4. The second-order valence-corrected chi connectivity index (χ2v) is 14.5. The number of aromatic nitrogens is 3. The zero-order valence-corrected chi connectivity index (χ0v) is 28.8. The van der Waals surface area contributed by atoms with Gasteiger partial charge in [-0.05, 0) is 71.8 Å². The van der Waals surface area contributed by atoms with E-state index < -0.39 is 0 Å². The monoisotopic (exact) mass is 643 g/mol. The van der Waals surface area contributed by atoms with Gasteiger partial charge >= 0.3 is 0 Å². The van der Waals surface area contributed by atoms with Crippen LogP contribution < -0.4 is 0 Å². The molecule has 0 unspecified atom stereocenters. The summed E-state index contributed by atoms with van der Waals surface area (Å²) in [6.07, 6.45) is 0. The highest BCUT2D eigenvalue weighted by Crippen LogP contribution is 2.56. The fourth-order valence-electron chi connectivity index (χ4n) is 7.78. The quantitative estimate of drug-likeness (QED) is 0.179. The molecule has 0 fully saturated rings. The summed E-state index contributed by atoms with van der Waals surface area (Å²) in [5, 5.41) is 5.23. The molecule has 0 saturated heterocycles. The summed E-state index contributed by atoms with van der Waals surface area (Å²) in [4.78, 5) is 14.7. The van der Waals surface area contributed by atoms with Gasteiger partial charge in [-0.25, -0.2) is 15.0 Å². The van der Waals surface area contributed by atoms with Crippen LogP contribution in [0.3, 0.4) is 0 Å². The number of hydrogen-bond donors (Lipinski definition) is 0. The van der Waals surface area contributed by atoms with Crippen LogP contribution in [0.1, 0.15) is 38.8 Å². The smallest absolute Gasteiger partial charge is 0.164 e. The maximum Gasteiger partial charge on any atom is 0.164 e. The Kier molecular flexibility index (Phi) is 6.82. The Hall–Kier alpha value is -5.93. The number of nitrogens with zero attached hydrogens (tertiary/aromatic N) is 3. The molecule has 0 N–H and O–H groups in total. The number of benzene rings is 7. The molecule has 0 bridgehead atoms. The van der Waals surface area contributed by atoms with Crippen molar-refractivity contribution in [2.24, 2.45) is 0 Å². The standard InChI is InChI=1S/C47H37N3/c1-46(2)39-28-26-32-22-21-31-13-11-12-18-37(31)41(32)42(39)38-27-25-36(29-40(38)47(46,3)4)30-19-23-35(24-20-30)45-49-43(33-14-7-5-8-15-33)48-44(50-45)34-16-9-6-10-17-34/h5-29H,1-4H3. The van der Waals surface area contributed by atoms with Crippen molar-refractivity contribution in [2.75, 3.05) is 0 Å². The van der Waals surface area contributed by atoms with Crippen LogP contribution in [-0.4, -0.2) is 15.0 Å². The summed E-state index contributed by atoms with van der Waals surface area (Å²) in [5.41, 5.74) is 10.6. The molecule has 3 heteroatoms. The number of hydrogen-bond acceptors (Lipinski definition) is 3. The van der Waals surface area contributed by atoms with Crippen molar-refractivity contribution in [3.8, 4) is 56.4 Å². The van der Waals surface area contributed by atoms with Crippen LogP contribution in [0.25, 0.3) is 78.0 Å². The summed E-state index contributed by atoms with van der Waals surface area (Å²) in [6, 6.07) is 54.0. The summed E-state index contributed by atoms with van der Waals surface area (Å²) in [7, 11) is 0. The molecule has 1 aliphatic carbocycles. The van der Waals surface area contributed by atoms with Crippen LogP contribution in [0.4, 0.5) is 0 Å². The molecule has 8 aromatic rings. The van der Waals surface area contributed by atoms with E-state index in [4.69, 9.17) is 15.0 Å². The van der Waals surface area contributed by atoms with Crippen molar-refractivity contribution >= 4 is 21.5 Å². The van der Waals surface area contributed by atoms with Crippen molar-refractivity contribution in [1.29, 1.82) is 0 Å². The van der Waals surface area contributed by atoms with Crippen molar-refractivity contribution in [1.82, 2.24) is 15.0 Å². The van der Waals surface area contributed by atoms with E-state index in [1.807, 2.05) is 60.7 Å². The molecule has 1 aliphatic rings. The minimum atomic E-state index is -0.101. The largest absolute Gasteiger partial charge is 0.208 e. The molecule has 0 amide bonds. The van der Waals surface area contributed by atoms with Gasteiger partial charge in [0.1, 0.15) is 0 Å². The van der Waals surface area contributed by atoms with Gasteiger partial charge in [0.25, 0.3) is 0 Å². The van der Waals surface area contributed by atoms with Crippen molar-refractivity contribution in [3.05, 3.63) is 163 Å². The average Bonchev–Trinajstić information content (AvgIpc) is 3.17. The van der Waals surface area contributed by atoms with Gasteiger partial charge in [0, 0.05) is 16.7 Å². The van der Waals surface area contributed by atoms with Gasteiger partial charge in [-0.1, -0.05) is 173 Å². The highest BCUT2D eigenvalue weighted by molar-refractivity contribution is 6.16. The van der Waals surface area contributed by atoms with Crippen molar-refractivity contribution in [3.63, 3.8) is 0 Å². The molecule has 0 aliphatic heterocycles. The summed E-state index contributed by atoms with van der Waals surface area (Å²) >= 11 is 0. The maximum absolute atomic E-state index is 4.94. The van der Waals surface area contributed by atoms with E-state index in [2.05, 4.69) is 119 Å². The number of fused-ring (bicyclic) bond motifs is 7. The highest BCUT2D eigenvalue weighted by atomic mass is 15.0. The lowest BCUT2D eigenvalue weighted by Gasteiger charge is -2.49. The topological polar surface area (TPSA) is 38.7 Å². The molecule has 1 aromatic heterocycles.